The summed E-state index contributed by atoms with van der Waals surface area (Å²) in [6.07, 6.45) is -0.996. The molecule has 0 spiro atoms. The van der Waals surface area contributed by atoms with E-state index in [1.807, 2.05) is 0 Å². The van der Waals surface area contributed by atoms with Crippen LogP contribution >= 0.6 is 0 Å². The first kappa shape index (κ1) is 26.5. The van der Waals surface area contributed by atoms with Crippen molar-refractivity contribution in [1.82, 2.24) is 10.0 Å². The quantitative estimate of drug-likeness (QED) is 0.357. The fourth-order valence-corrected chi connectivity index (χ4v) is 4.34. The van der Waals surface area contributed by atoms with Crippen LogP contribution in [0.15, 0.2) is 82.7 Å². The highest BCUT2D eigenvalue weighted by Crippen LogP contribution is 2.33. The van der Waals surface area contributed by atoms with Crippen LogP contribution in [0.2, 0.25) is 0 Å². The highest BCUT2D eigenvalue weighted by molar-refractivity contribution is 5.96. The molecule has 0 amide bonds. The SMILES string of the molecule is CN1N=C(c2ccc([N+](=O)[O-])cc2)O/C1=C/C1C(=O)C([O-])C(/C=C2/OC(c3ccc([N+](=O)[O-])cc3)=NN2C)C1[O-]. The standard InChI is InChI=1S/C25H20N6O9/c1-28-19(39-24(26-28)13-3-7-15(8-4-13)30(35)36)11-17-21(32)18(23(34)22(17)33)12-20-29(2)27-25(40-20)14-5-9-16(10-6-14)31(37)38/h3-12,17-18,21-22H,1-2H3/q-2/b19-11+,20-12+. The van der Waals surface area contributed by atoms with E-state index in [1.54, 1.807) is 0 Å². The number of hydrogen-bond donors (Lipinski definition) is 0. The topological polar surface area (TPSA) is 199 Å². The van der Waals surface area contributed by atoms with Crippen molar-refractivity contribution in [2.45, 2.75) is 12.2 Å². The van der Waals surface area contributed by atoms with Gasteiger partial charge in [0, 0.05) is 55.4 Å². The summed E-state index contributed by atoms with van der Waals surface area (Å²) in [7, 11) is 3.05. The molecule has 2 aliphatic heterocycles. The van der Waals surface area contributed by atoms with E-state index >= 15 is 0 Å². The van der Waals surface area contributed by atoms with Crippen molar-refractivity contribution in [1.29, 1.82) is 0 Å². The van der Waals surface area contributed by atoms with E-state index in [-0.39, 0.29) is 34.9 Å². The molecule has 3 aliphatic rings. The second kappa shape index (κ2) is 10.2. The molecule has 4 atom stereocenters. The minimum absolute atomic E-state index is 0.0612. The van der Waals surface area contributed by atoms with E-state index in [4.69, 9.17) is 9.47 Å². The maximum atomic E-state index is 13.2. The van der Waals surface area contributed by atoms with E-state index in [2.05, 4.69) is 10.2 Å². The van der Waals surface area contributed by atoms with Crippen LogP contribution in [-0.4, -0.2) is 63.7 Å². The molecule has 1 fully saturated rings. The lowest BCUT2D eigenvalue weighted by atomic mass is 9.99. The molecule has 1 aliphatic carbocycles. The zero-order valence-corrected chi connectivity index (χ0v) is 20.9. The Hall–Kier alpha value is -5.15. The predicted octanol–water partition coefficient (Wildman–Crippen LogP) is 0.406. The van der Waals surface area contributed by atoms with E-state index < -0.39 is 39.7 Å². The Balaban J connectivity index is 1.30. The van der Waals surface area contributed by atoms with Gasteiger partial charge in [-0.15, -0.1) is 16.3 Å². The maximum Gasteiger partial charge on any atom is 0.269 e. The van der Waals surface area contributed by atoms with Gasteiger partial charge in [0.2, 0.25) is 23.6 Å². The number of ether oxygens (including phenoxy) is 2. The van der Waals surface area contributed by atoms with E-state index in [0.29, 0.717) is 11.1 Å². The van der Waals surface area contributed by atoms with Gasteiger partial charge in [-0.25, -0.2) is 10.0 Å². The molecule has 0 bridgehead atoms. The third kappa shape index (κ3) is 4.85. The Bertz CT molecular complexity index is 1500. The van der Waals surface area contributed by atoms with Gasteiger partial charge in [-0.2, -0.15) is 0 Å². The van der Waals surface area contributed by atoms with Gasteiger partial charge < -0.3 is 24.5 Å². The fourth-order valence-electron chi connectivity index (χ4n) is 4.34. The van der Waals surface area contributed by atoms with Gasteiger partial charge in [-0.05, 0) is 42.3 Å². The molecule has 0 radical (unpaired) electrons. The van der Waals surface area contributed by atoms with Crippen molar-refractivity contribution in [2.24, 2.45) is 22.0 Å². The molecule has 2 heterocycles. The van der Waals surface area contributed by atoms with Crippen LogP contribution in [0.3, 0.4) is 0 Å². The van der Waals surface area contributed by atoms with Crippen molar-refractivity contribution >= 4 is 29.0 Å². The molecule has 15 nitrogen and oxygen atoms in total. The highest BCUT2D eigenvalue weighted by Gasteiger charge is 2.39. The molecular weight excluding hydrogens is 528 g/mol. The Morgan fingerprint density at radius 2 is 1.20 bits per heavy atom. The largest absolute Gasteiger partial charge is 0.851 e. The second-order valence-corrected chi connectivity index (χ2v) is 9.07. The number of Topliss-reactive ketones (excluding diaryl/α,β-unsaturated/α-hetero) is 1. The summed E-state index contributed by atoms with van der Waals surface area (Å²) in [6.45, 7) is 0. The molecule has 0 N–H and O–H groups in total. The van der Waals surface area contributed by atoms with Gasteiger partial charge in [-0.1, -0.05) is 6.10 Å². The van der Waals surface area contributed by atoms with Crippen LogP contribution in [0.1, 0.15) is 11.1 Å². The number of benzene rings is 2. The molecule has 40 heavy (non-hydrogen) atoms. The average molecular weight is 548 g/mol. The average Bonchev–Trinajstić information content (AvgIpc) is 3.55. The lowest BCUT2D eigenvalue weighted by Crippen LogP contribution is -2.40. The summed E-state index contributed by atoms with van der Waals surface area (Å²) in [5.41, 5.74) is 0.656. The number of ketones is 1. The summed E-state index contributed by atoms with van der Waals surface area (Å²) in [5.74, 6) is -3.05. The first-order chi connectivity index (χ1) is 19.0. The van der Waals surface area contributed by atoms with Crippen LogP contribution < -0.4 is 10.2 Å². The van der Waals surface area contributed by atoms with Crippen LogP contribution in [0, 0.1) is 32.1 Å². The first-order valence-electron chi connectivity index (χ1n) is 11.8. The van der Waals surface area contributed by atoms with E-state index in [9.17, 15) is 35.2 Å². The number of carbonyl (C=O) groups is 1. The number of nitro benzene ring substituents is 2. The number of hydrogen-bond acceptors (Lipinski definition) is 13. The van der Waals surface area contributed by atoms with Gasteiger partial charge in [0.05, 0.1) is 9.85 Å². The Kier molecular flexibility index (Phi) is 6.74. The number of nitro groups is 2. The van der Waals surface area contributed by atoms with Crippen LogP contribution in [0.25, 0.3) is 0 Å². The number of non-ortho nitro benzene ring substituents is 2. The Morgan fingerprint density at radius 1 is 0.775 bits per heavy atom. The fraction of sp³-hybridized carbons (Fsp3) is 0.240. The normalized spacial score (nSPS) is 26.1. The van der Waals surface area contributed by atoms with E-state index in [0.717, 1.165) is 0 Å². The molecule has 2 aromatic rings. The summed E-state index contributed by atoms with van der Waals surface area (Å²) < 4.78 is 11.4. The number of hydrazone groups is 2. The van der Waals surface area contributed by atoms with Crippen LogP contribution in [0.5, 0.6) is 0 Å². The molecule has 15 heteroatoms. The smallest absolute Gasteiger partial charge is 0.269 e. The Morgan fingerprint density at radius 3 is 1.62 bits per heavy atom. The second-order valence-electron chi connectivity index (χ2n) is 9.07. The van der Waals surface area contributed by atoms with Crippen molar-refractivity contribution in [3.8, 4) is 0 Å². The first-order valence-corrected chi connectivity index (χ1v) is 11.8. The van der Waals surface area contributed by atoms with Crippen molar-refractivity contribution in [3.05, 3.63) is 104 Å². The molecule has 4 unspecified atom stereocenters. The van der Waals surface area contributed by atoms with Crippen molar-refractivity contribution in [3.63, 3.8) is 0 Å². The lowest BCUT2D eigenvalue weighted by Gasteiger charge is -2.30. The minimum Gasteiger partial charge on any atom is -0.851 e. The lowest BCUT2D eigenvalue weighted by molar-refractivity contribution is -0.458. The van der Waals surface area contributed by atoms with Gasteiger partial charge >= 0.3 is 0 Å². The van der Waals surface area contributed by atoms with Crippen molar-refractivity contribution < 1.29 is 34.3 Å². The molecule has 5 rings (SSSR count). The zero-order chi connectivity index (χ0) is 28.7. The molecule has 0 saturated heterocycles. The van der Waals surface area contributed by atoms with Crippen LogP contribution in [-0.2, 0) is 14.3 Å². The third-order valence-corrected chi connectivity index (χ3v) is 6.52. The monoisotopic (exact) mass is 548 g/mol. The van der Waals surface area contributed by atoms with Gasteiger partial charge in [0.15, 0.2) is 0 Å². The molecule has 1 saturated carbocycles. The summed E-state index contributed by atoms with van der Waals surface area (Å²) in [4.78, 5) is 33.5. The highest BCUT2D eigenvalue weighted by atomic mass is 16.6. The molecule has 0 aromatic heterocycles. The maximum absolute atomic E-state index is 13.2. The molecular formula is C25H20N6O9-2. The number of rotatable bonds is 6. The number of nitrogens with zero attached hydrogens (tertiary/aromatic N) is 6. The summed E-state index contributed by atoms with van der Waals surface area (Å²) in [6, 6.07) is 11.0. The van der Waals surface area contributed by atoms with Gasteiger partial charge in [0.25, 0.3) is 11.4 Å². The van der Waals surface area contributed by atoms with Gasteiger partial charge in [0.1, 0.15) is 5.78 Å². The van der Waals surface area contributed by atoms with E-state index in [1.165, 1.54) is 84.8 Å². The van der Waals surface area contributed by atoms with Crippen molar-refractivity contribution in [2.75, 3.05) is 14.1 Å². The Labute approximate surface area is 225 Å². The summed E-state index contributed by atoms with van der Waals surface area (Å²) in [5, 5.41) is 58.8. The summed E-state index contributed by atoms with van der Waals surface area (Å²) >= 11 is 0. The number of carbonyl (C=O) groups excluding carboxylic acids is 1. The minimum atomic E-state index is -1.86. The predicted molar refractivity (Wildman–Crippen MR) is 133 cm³/mol. The third-order valence-electron chi connectivity index (χ3n) is 6.52. The van der Waals surface area contributed by atoms with Crippen LogP contribution in [0.4, 0.5) is 11.4 Å². The zero-order valence-electron chi connectivity index (χ0n) is 20.9. The molecule has 206 valence electrons. The molecule has 2 aromatic carbocycles. The van der Waals surface area contributed by atoms with Gasteiger partial charge in [-0.3, -0.25) is 20.2 Å².